The van der Waals surface area contributed by atoms with Gasteiger partial charge >= 0.3 is 115 Å². The molecular weight excluding hydrogens is 1700 g/mol. The SMILES string of the molecule is C.C.CNc1cc(Cl)c(Cl)cc1[N+](=O)[O-].CNc1cc(N2CCOCC2)c(Cl)cc1N.CNc1cc(N2CCOCC2)c(Cl)cc1[N+](=O)[O-].Cn1c(Nc2cc(CNC(=O)C3(C(F)(F)F)CC3)ccc2Cl)nc2cc(Cl)c(N3CCOCC3)cc21.O=C(NCc1ccc(Cl)c(N=C=S)c1)C1(C(F)(F)F)CC1.O=CO[O-].[H-].[K+].[K+]. The van der Waals surface area contributed by atoms with Gasteiger partial charge in [-0.05, 0) is 110 Å². The van der Waals surface area contributed by atoms with Crippen LogP contribution < -0.4 is 160 Å². The maximum atomic E-state index is 13.2. The molecule has 3 saturated heterocycles. The van der Waals surface area contributed by atoms with Gasteiger partial charge in [0.25, 0.3) is 17.8 Å². The van der Waals surface area contributed by atoms with E-state index in [0.29, 0.717) is 103 Å². The van der Waals surface area contributed by atoms with Gasteiger partial charge in [0.2, 0.25) is 17.8 Å². The maximum absolute atomic E-state index is 13.2. The number of imidazole rings is 1. The monoisotopic (exact) mass is 1780 g/mol. The van der Waals surface area contributed by atoms with Crippen LogP contribution in [0.4, 0.5) is 94.9 Å². The van der Waals surface area contributed by atoms with Crippen molar-refractivity contribution >= 4 is 196 Å². The number of ether oxygens (including phenoxy) is 3. The minimum atomic E-state index is -4.55. The molecule has 0 atom stereocenters. The summed E-state index contributed by atoms with van der Waals surface area (Å²) in [5.41, 5.74) is 10.00. The number of nitro groups is 2. The van der Waals surface area contributed by atoms with Crippen LogP contribution >= 0.6 is 93.4 Å². The van der Waals surface area contributed by atoms with Gasteiger partial charge in [-0.25, -0.2) is 4.98 Å². The fraction of sp³-hybridized carbons (Fsp3) is 0.406. The summed E-state index contributed by atoms with van der Waals surface area (Å²) in [6, 6.07) is 22.9. The van der Waals surface area contributed by atoms with Gasteiger partial charge in [-0.2, -0.15) is 31.3 Å². The number of nitrogens with one attached hydrogen (secondary N) is 6. The molecule has 5 aliphatic rings. The summed E-state index contributed by atoms with van der Waals surface area (Å²) in [5.74, 6) is -1.48. The van der Waals surface area contributed by atoms with Crippen LogP contribution in [0.3, 0.4) is 0 Å². The minimum absolute atomic E-state index is 0. The van der Waals surface area contributed by atoms with E-state index in [4.69, 9.17) is 111 Å². The van der Waals surface area contributed by atoms with E-state index >= 15 is 0 Å². The van der Waals surface area contributed by atoms with E-state index in [9.17, 15) is 56.2 Å². The molecule has 8 N–H and O–H groups in total. The molecular formula is C69H80Cl7F6K2N15O12S. The summed E-state index contributed by atoms with van der Waals surface area (Å²) in [6.45, 7) is 8.49. The van der Waals surface area contributed by atoms with Crippen LogP contribution in [0.2, 0.25) is 35.2 Å². The van der Waals surface area contributed by atoms with Crippen molar-refractivity contribution in [1.82, 2.24) is 20.2 Å². The Morgan fingerprint density at radius 2 is 0.991 bits per heavy atom. The molecule has 0 radical (unpaired) electrons. The molecule has 0 unspecified atom stereocenters. The van der Waals surface area contributed by atoms with Crippen molar-refractivity contribution in [3.8, 4) is 0 Å². The van der Waals surface area contributed by atoms with Crippen LogP contribution in [-0.2, 0) is 53.6 Å². The first kappa shape index (κ1) is 101. The topological polar surface area (TPSA) is 336 Å². The average molecular weight is 1780 g/mol. The third-order valence-corrected chi connectivity index (χ3v) is 19.7. The van der Waals surface area contributed by atoms with E-state index < -0.39 is 44.8 Å². The number of carbonyl (C=O) groups excluding carboxylic acids is 3. The summed E-state index contributed by atoms with van der Waals surface area (Å²) < 4.78 is 95.8. The number of nitrogens with zero attached hydrogens (tertiary/aromatic N) is 8. The van der Waals surface area contributed by atoms with E-state index in [-0.39, 0.29) is 186 Å². The number of aryl methyl sites for hydroxylation is 1. The van der Waals surface area contributed by atoms with Crippen LogP contribution in [0.15, 0.2) is 89.9 Å². The molecule has 27 nitrogen and oxygen atoms in total. The Balaban J connectivity index is 0.000000491. The van der Waals surface area contributed by atoms with Crippen molar-refractivity contribution in [2.24, 2.45) is 22.9 Å². The smallest absolute Gasteiger partial charge is 1.00 e. The molecule has 2 aliphatic carbocycles. The van der Waals surface area contributed by atoms with E-state index in [2.05, 4.69) is 78.8 Å². The number of halogens is 13. The molecule has 2 saturated carbocycles. The maximum Gasteiger partial charge on any atom is 1.00 e. The number of rotatable bonds is 18. The van der Waals surface area contributed by atoms with Crippen LogP contribution in [-0.4, -0.2) is 155 Å². The Morgan fingerprint density at radius 3 is 1.40 bits per heavy atom. The third kappa shape index (κ3) is 27.0. The second kappa shape index (κ2) is 46.8. The van der Waals surface area contributed by atoms with Gasteiger partial charge in [0.1, 0.15) is 22.2 Å². The third-order valence-electron chi connectivity index (χ3n) is 17.3. The largest absolute Gasteiger partial charge is 1.00 e. The number of amides is 2. The number of morpholine rings is 3. The van der Waals surface area contributed by atoms with Crippen LogP contribution in [0.25, 0.3) is 11.0 Å². The van der Waals surface area contributed by atoms with E-state index in [1.54, 1.807) is 50.5 Å². The second-order valence-corrected chi connectivity index (χ2v) is 27.0. The normalized spacial score (nSPS) is 14.7. The number of nitrogens with two attached hydrogens (primary N) is 1. The molecule has 6 aromatic carbocycles. The van der Waals surface area contributed by atoms with Gasteiger partial charge in [0.15, 0.2) is 0 Å². The molecule has 112 heavy (non-hydrogen) atoms. The molecule has 43 heteroatoms. The van der Waals surface area contributed by atoms with Crippen molar-refractivity contribution in [1.29, 1.82) is 0 Å². The van der Waals surface area contributed by atoms with Crippen LogP contribution in [0, 0.1) is 31.1 Å². The zero-order valence-corrected chi connectivity index (χ0v) is 72.1. The molecule has 0 spiro atoms. The predicted octanol–water partition coefficient (Wildman–Crippen LogP) is 10.1. The first-order valence-corrected chi connectivity index (χ1v) is 35.5. The Hall–Kier alpha value is -5.08. The van der Waals surface area contributed by atoms with Gasteiger partial charge in [-0.15, -0.1) is 0 Å². The fourth-order valence-electron chi connectivity index (χ4n) is 11.0. The molecule has 2 amide bonds. The first-order valence-electron chi connectivity index (χ1n) is 32.4. The van der Waals surface area contributed by atoms with Gasteiger partial charge in [0, 0.05) is 92.7 Å². The zero-order chi connectivity index (χ0) is 79.4. The minimum Gasteiger partial charge on any atom is -1.00 e. The standard InChI is InChI=1S/C24H24Cl2F3N5O2.C13H10ClF3N2OS.C11H14ClN3O3.C11H16ClN3O.C7H6Cl2N2O2.CH2O3.2CH4.2K.H/c1-33-20-12-19(34-6-8-36-9-7-34)16(26)11-18(20)32-22(33)31-17-10-14(2-3-15(17)25)13-30-21(35)23(4-5-23)24(27,28)29;14-9-2-1-8(5-10(9)19-7-21)6-18-11(20)12(3-4-12)13(15,16)17;1-13-9-7-10(14-2-4-18-5-3-14)8(12)6-11(9)15(16)17;1-14-10-7-11(8(12)6-9(10)13)15-2-4-16-5-3-15;1-10-6-2-4(8)5(9)3-7(6)11(12)13;2-1-4-3;;;;;/h2-3,10-12H,4-9,13H2,1H3,(H,30,35)(H,31,32);1-2,5H,3-4,6H2,(H,18,20);6-7,13H,2-5H2,1H3;6-7,14H,2-5,13H2,1H3;2-3,10H,1H3;1,3H;2*1H4;;;/q;;;;;;;;2*+1;-1/p-1. The van der Waals surface area contributed by atoms with E-state index in [1.807, 2.05) is 36.9 Å². The van der Waals surface area contributed by atoms with Crippen molar-refractivity contribution in [2.75, 3.05) is 142 Å². The molecule has 1 aromatic heterocycles. The zero-order valence-electron chi connectivity index (χ0n) is 60.8. The number of aliphatic imine (C=N–C) groups is 1. The predicted molar refractivity (Wildman–Crippen MR) is 422 cm³/mol. The first-order chi connectivity index (χ1) is 51.2. The number of aromatic nitrogens is 2. The molecule has 5 fully saturated rings. The van der Waals surface area contributed by atoms with Gasteiger partial charge in [-0.3, -0.25) is 34.6 Å². The summed E-state index contributed by atoms with van der Waals surface area (Å²) in [7, 11) is 6.94. The number of thiocarbonyl (C=S) groups is 1. The average Bonchev–Trinajstić information content (AvgIpc) is 1.60. The summed E-state index contributed by atoms with van der Waals surface area (Å²) in [5, 5.41) is 51.3. The van der Waals surface area contributed by atoms with Crippen molar-refractivity contribution < 1.29 is 179 Å². The number of carbonyl (C=O) groups is 3. The molecule has 7 aromatic rings. The number of anilines is 9. The molecule has 4 heterocycles. The van der Waals surface area contributed by atoms with Crippen LogP contribution in [0.5, 0.6) is 0 Å². The number of nitro benzene ring substituents is 2. The molecule has 3 aliphatic heterocycles. The van der Waals surface area contributed by atoms with Gasteiger partial charge in [0.05, 0.1) is 141 Å². The molecule has 602 valence electrons. The Morgan fingerprint density at radius 1 is 0.607 bits per heavy atom. The number of alkyl halides is 6. The Labute approximate surface area is 768 Å². The summed E-state index contributed by atoms with van der Waals surface area (Å²) in [6.07, 6.45) is -9.75. The number of hydrogen-bond acceptors (Lipinski definition) is 23. The summed E-state index contributed by atoms with van der Waals surface area (Å²) >= 11 is 46.9. The quantitative estimate of drug-likeness (QED) is 0.00483. The van der Waals surface area contributed by atoms with E-state index in [1.165, 1.54) is 30.3 Å². The molecule has 12 rings (SSSR count). The number of fused-ring (bicyclic) bond motifs is 1. The number of benzene rings is 6. The van der Waals surface area contributed by atoms with Crippen LogP contribution in [0.1, 0.15) is 53.1 Å². The Bertz CT molecular complexity index is 4440. The second-order valence-electron chi connectivity index (χ2n) is 24.0. The number of hydrogen-bond donors (Lipinski definition) is 7. The fourth-order valence-corrected chi connectivity index (χ4v) is 12.6. The van der Waals surface area contributed by atoms with E-state index in [0.717, 1.165) is 80.7 Å². The molecule has 0 bridgehead atoms. The Kier molecular flexibility index (Phi) is 42.2. The van der Waals surface area contributed by atoms with Crippen molar-refractivity contribution in [2.45, 2.75) is 66.0 Å². The van der Waals surface area contributed by atoms with Crippen molar-refractivity contribution in [3.05, 3.63) is 151 Å². The van der Waals surface area contributed by atoms with Gasteiger partial charge < -0.3 is 82.7 Å². The number of isothiocyanates is 1. The van der Waals surface area contributed by atoms with Crippen molar-refractivity contribution in [3.63, 3.8) is 0 Å². The van der Waals surface area contributed by atoms with Gasteiger partial charge in [-0.1, -0.05) is 108 Å². The number of nitrogen functional groups attached to an aromatic ring is 1. The summed E-state index contributed by atoms with van der Waals surface area (Å²) in [4.78, 5) is 70.4.